The van der Waals surface area contributed by atoms with E-state index in [1.165, 1.54) is 0 Å². The summed E-state index contributed by atoms with van der Waals surface area (Å²) in [6.45, 7) is 2.04. The summed E-state index contributed by atoms with van der Waals surface area (Å²) in [4.78, 5) is 0. The lowest BCUT2D eigenvalue weighted by molar-refractivity contribution is 0.166. The number of hydrogen-bond donors (Lipinski definition) is 1. The van der Waals surface area contributed by atoms with Gasteiger partial charge < -0.3 is 5.11 Å². The van der Waals surface area contributed by atoms with Crippen molar-refractivity contribution in [2.75, 3.05) is 0 Å². The zero-order chi connectivity index (χ0) is 9.84. The predicted octanol–water partition coefficient (Wildman–Crippen LogP) is 3.94. The molecule has 0 fully saturated rings. The fourth-order valence-electron chi connectivity index (χ4n) is 1.21. The molecule has 1 nitrogen and oxygen atoms in total. The average Bonchev–Trinajstić information content (AvgIpc) is 2.10. The van der Waals surface area contributed by atoms with Crippen molar-refractivity contribution in [3.8, 4) is 0 Å². The van der Waals surface area contributed by atoms with Crippen LogP contribution in [0.1, 0.15) is 31.4 Å². The molecule has 1 N–H and O–H groups in total. The third kappa shape index (κ3) is 2.70. The lowest BCUT2D eigenvalue weighted by Crippen LogP contribution is -1.97. The summed E-state index contributed by atoms with van der Waals surface area (Å²) < 4.78 is 0.803. The van der Waals surface area contributed by atoms with Crippen molar-refractivity contribution in [3.63, 3.8) is 0 Å². The van der Waals surface area contributed by atoms with E-state index < -0.39 is 6.10 Å². The second-order valence-corrected chi connectivity index (χ2v) is 4.15. The van der Waals surface area contributed by atoms with Gasteiger partial charge in [0.1, 0.15) is 0 Å². The minimum atomic E-state index is -0.418. The third-order valence-electron chi connectivity index (χ3n) is 1.90. The monoisotopic (exact) mass is 262 g/mol. The Balaban J connectivity index is 2.93. The Kier molecular flexibility index (Phi) is 4.23. The van der Waals surface area contributed by atoms with E-state index >= 15 is 0 Å². The van der Waals surface area contributed by atoms with Gasteiger partial charge in [-0.2, -0.15) is 0 Å². The van der Waals surface area contributed by atoms with E-state index in [1.807, 2.05) is 19.1 Å². The zero-order valence-corrected chi connectivity index (χ0v) is 9.77. The average molecular weight is 264 g/mol. The van der Waals surface area contributed by atoms with Crippen molar-refractivity contribution in [1.82, 2.24) is 0 Å². The first kappa shape index (κ1) is 11.0. The molecule has 0 radical (unpaired) electrons. The van der Waals surface area contributed by atoms with Gasteiger partial charge in [0.05, 0.1) is 11.1 Å². The van der Waals surface area contributed by atoms with E-state index in [0.717, 1.165) is 22.9 Å². The molecule has 1 aromatic carbocycles. The third-order valence-corrected chi connectivity index (χ3v) is 3.33. The maximum absolute atomic E-state index is 9.74. The van der Waals surface area contributed by atoms with Crippen molar-refractivity contribution in [2.45, 2.75) is 25.9 Å². The Morgan fingerprint density at radius 1 is 1.54 bits per heavy atom. The Bertz CT molecular complexity index is 288. The molecule has 13 heavy (non-hydrogen) atoms. The normalized spacial score (nSPS) is 12.9. The topological polar surface area (TPSA) is 20.2 Å². The van der Waals surface area contributed by atoms with E-state index in [0.29, 0.717) is 5.02 Å². The van der Waals surface area contributed by atoms with Crippen LogP contribution in [0.2, 0.25) is 5.02 Å². The van der Waals surface area contributed by atoms with Gasteiger partial charge in [0.2, 0.25) is 0 Å². The largest absolute Gasteiger partial charge is 0.388 e. The molecule has 1 rings (SSSR count). The Hall–Kier alpha value is -0.0500. The molecule has 0 bridgehead atoms. The summed E-state index contributed by atoms with van der Waals surface area (Å²) in [5, 5.41) is 10.4. The molecule has 72 valence electrons. The minimum absolute atomic E-state index is 0.418. The van der Waals surface area contributed by atoms with Gasteiger partial charge in [0.15, 0.2) is 0 Å². The van der Waals surface area contributed by atoms with E-state index in [9.17, 15) is 5.11 Å². The maximum atomic E-state index is 9.74. The molecule has 0 aliphatic rings. The number of hydrogen-bond acceptors (Lipinski definition) is 1. The summed E-state index contributed by atoms with van der Waals surface area (Å²) >= 11 is 9.26. The molecule has 0 aliphatic carbocycles. The first-order valence-electron chi connectivity index (χ1n) is 4.28. The van der Waals surface area contributed by atoms with Crippen molar-refractivity contribution >= 4 is 27.5 Å². The van der Waals surface area contributed by atoms with E-state index in [1.54, 1.807) is 6.07 Å². The van der Waals surface area contributed by atoms with E-state index in [2.05, 4.69) is 15.9 Å². The number of halogens is 2. The molecule has 0 saturated heterocycles. The molecule has 1 atom stereocenters. The van der Waals surface area contributed by atoms with Crippen molar-refractivity contribution in [3.05, 3.63) is 33.3 Å². The summed E-state index contributed by atoms with van der Waals surface area (Å²) in [5.41, 5.74) is 0.870. The van der Waals surface area contributed by atoms with Crippen LogP contribution in [-0.4, -0.2) is 5.11 Å². The number of rotatable bonds is 3. The van der Waals surface area contributed by atoms with E-state index in [4.69, 9.17) is 11.6 Å². The summed E-state index contributed by atoms with van der Waals surface area (Å²) in [5.74, 6) is 0. The smallest absolute Gasteiger partial charge is 0.0801 e. The van der Waals surface area contributed by atoms with Gasteiger partial charge in [-0.05, 0) is 34.0 Å². The second kappa shape index (κ2) is 4.99. The molecule has 0 spiro atoms. The van der Waals surface area contributed by atoms with Gasteiger partial charge in [0, 0.05) is 4.47 Å². The molecule has 0 heterocycles. The fourth-order valence-corrected chi connectivity index (χ4v) is 1.92. The van der Waals surface area contributed by atoms with Gasteiger partial charge in [0.25, 0.3) is 0 Å². The minimum Gasteiger partial charge on any atom is -0.388 e. The predicted molar refractivity (Wildman–Crippen MR) is 59.0 cm³/mol. The van der Waals surface area contributed by atoms with E-state index in [-0.39, 0.29) is 0 Å². The molecule has 0 aliphatic heterocycles. The van der Waals surface area contributed by atoms with Crippen LogP contribution in [0.5, 0.6) is 0 Å². The SMILES string of the molecule is CCCC(O)c1cccc(Cl)c1Br. The molecule has 0 saturated carbocycles. The van der Waals surface area contributed by atoms with Gasteiger partial charge >= 0.3 is 0 Å². The molecule has 1 unspecified atom stereocenters. The van der Waals surface area contributed by atoms with Crippen LogP contribution in [0, 0.1) is 0 Å². The summed E-state index contributed by atoms with van der Waals surface area (Å²) in [6, 6.07) is 5.53. The van der Waals surface area contributed by atoms with Crippen molar-refractivity contribution in [1.29, 1.82) is 0 Å². The first-order chi connectivity index (χ1) is 6.16. The number of aliphatic hydroxyl groups is 1. The lowest BCUT2D eigenvalue weighted by Gasteiger charge is -2.12. The van der Waals surface area contributed by atoms with Crippen molar-refractivity contribution in [2.24, 2.45) is 0 Å². The van der Waals surface area contributed by atoms with Crippen molar-refractivity contribution < 1.29 is 5.11 Å². The molecular formula is C10H12BrClO. The van der Waals surface area contributed by atoms with Crippen LogP contribution in [0.4, 0.5) is 0 Å². The lowest BCUT2D eigenvalue weighted by atomic mass is 10.1. The summed E-state index contributed by atoms with van der Waals surface area (Å²) in [7, 11) is 0. The quantitative estimate of drug-likeness (QED) is 0.876. The van der Waals surface area contributed by atoms with Crippen LogP contribution < -0.4 is 0 Å². The van der Waals surface area contributed by atoms with Crippen LogP contribution in [0.15, 0.2) is 22.7 Å². The Labute approximate surface area is 91.9 Å². The fraction of sp³-hybridized carbons (Fsp3) is 0.400. The van der Waals surface area contributed by atoms with Crippen LogP contribution in [0.25, 0.3) is 0 Å². The standard InChI is InChI=1S/C10H12BrClO/c1-2-4-9(13)7-5-3-6-8(12)10(7)11/h3,5-6,9,13H,2,4H2,1H3. The van der Waals surface area contributed by atoms with Gasteiger partial charge in [-0.15, -0.1) is 0 Å². The highest BCUT2D eigenvalue weighted by Crippen LogP contribution is 2.31. The number of benzene rings is 1. The van der Waals surface area contributed by atoms with Gasteiger partial charge in [-0.1, -0.05) is 37.1 Å². The Morgan fingerprint density at radius 3 is 2.85 bits per heavy atom. The van der Waals surface area contributed by atoms with Gasteiger partial charge in [-0.3, -0.25) is 0 Å². The molecule has 0 amide bonds. The highest BCUT2D eigenvalue weighted by molar-refractivity contribution is 9.10. The molecular weight excluding hydrogens is 251 g/mol. The highest BCUT2D eigenvalue weighted by Gasteiger charge is 2.11. The Morgan fingerprint density at radius 2 is 2.23 bits per heavy atom. The summed E-state index contributed by atoms with van der Waals surface area (Å²) in [6.07, 6.45) is 1.30. The van der Waals surface area contributed by atoms with Crippen LogP contribution in [0.3, 0.4) is 0 Å². The number of aliphatic hydroxyl groups excluding tert-OH is 1. The molecule has 1 aromatic rings. The zero-order valence-electron chi connectivity index (χ0n) is 7.43. The molecule has 0 aromatic heterocycles. The maximum Gasteiger partial charge on any atom is 0.0801 e. The van der Waals surface area contributed by atoms with Crippen LogP contribution >= 0.6 is 27.5 Å². The van der Waals surface area contributed by atoms with Crippen LogP contribution in [-0.2, 0) is 0 Å². The van der Waals surface area contributed by atoms with Gasteiger partial charge in [-0.25, -0.2) is 0 Å². The first-order valence-corrected chi connectivity index (χ1v) is 5.46. The second-order valence-electron chi connectivity index (χ2n) is 2.95. The highest BCUT2D eigenvalue weighted by atomic mass is 79.9. The molecule has 3 heteroatoms.